The van der Waals surface area contributed by atoms with Crippen LogP contribution in [0.15, 0.2) is 11.6 Å². The summed E-state index contributed by atoms with van der Waals surface area (Å²) in [5.74, 6) is -0.859. The maximum Gasteiger partial charge on any atom is 0.303 e. The van der Waals surface area contributed by atoms with Crippen molar-refractivity contribution in [1.29, 1.82) is 0 Å². The van der Waals surface area contributed by atoms with E-state index in [1.807, 2.05) is 6.92 Å². The van der Waals surface area contributed by atoms with E-state index in [4.69, 9.17) is 0 Å². The molecule has 0 aromatic rings. The number of allylic oxidation sites excluding steroid dienone is 2. The molecule has 2 saturated heterocycles. The van der Waals surface area contributed by atoms with Gasteiger partial charge in [0.2, 0.25) is 0 Å². The average molecular weight is 486 g/mol. The fourth-order valence-corrected chi connectivity index (χ4v) is 9.97. The molecule has 35 heavy (non-hydrogen) atoms. The number of carbonyl (C=O) groups is 3. The Morgan fingerprint density at radius 1 is 1.17 bits per heavy atom. The van der Waals surface area contributed by atoms with Gasteiger partial charge in [-0.15, -0.1) is 0 Å². The highest BCUT2D eigenvalue weighted by molar-refractivity contribution is 5.98. The number of aliphatic carboxylic acids is 1. The third kappa shape index (κ3) is 3.60. The number of carboxylic acid groups (broad SMARTS) is 1. The lowest BCUT2D eigenvalue weighted by Crippen LogP contribution is -2.72. The fraction of sp³-hybridized carbons (Fsp3) is 0.828. The van der Waals surface area contributed by atoms with Crippen LogP contribution in [0.1, 0.15) is 86.0 Å². The number of nitrogens with zero attached hydrogens (tertiary/aromatic N) is 1. The van der Waals surface area contributed by atoms with Crippen LogP contribution in [0, 0.1) is 39.9 Å². The van der Waals surface area contributed by atoms with E-state index < -0.39 is 22.9 Å². The molecule has 2 N–H and O–H groups in total. The Labute approximate surface area is 209 Å². The highest BCUT2D eigenvalue weighted by atomic mass is 16.4. The van der Waals surface area contributed by atoms with Crippen molar-refractivity contribution in [3.8, 4) is 0 Å². The summed E-state index contributed by atoms with van der Waals surface area (Å²) in [7, 11) is 0. The zero-order chi connectivity index (χ0) is 25.5. The molecule has 1 unspecified atom stereocenters. The van der Waals surface area contributed by atoms with Crippen LogP contribution in [0.2, 0.25) is 0 Å². The molecule has 3 aliphatic carbocycles. The predicted molar refractivity (Wildman–Crippen MR) is 133 cm³/mol. The second kappa shape index (κ2) is 8.24. The van der Waals surface area contributed by atoms with Crippen molar-refractivity contribution in [3.05, 3.63) is 11.6 Å². The van der Waals surface area contributed by atoms with Crippen LogP contribution in [0.5, 0.6) is 0 Å². The topological polar surface area (TPSA) is 94.9 Å². The zero-order valence-electron chi connectivity index (χ0n) is 22.0. The molecule has 2 heterocycles. The first kappa shape index (κ1) is 25.1. The van der Waals surface area contributed by atoms with Crippen molar-refractivity contribution in [2.75, 3.05) is 6.54 Å². The van der Waals surface area contributed by atoms with Crippen molar-refractivity contribution in [2.24, 2.45) is 39.9 Å². The monoisotopic (exact) mass is 485 g/mol. The van der Waals surface area contributed by atoms with Gasteiger partial charge >= 0.3 is 5.97 Å². The molecule has 6 nitrogen and oxygen atoms in total. The maximum absolute atomic E-state index is 13.9. The Kier molecular flexibility index (Phi) is 5.92. The minimum absolute atomic E-state index is 0.0381. The molecule has 2 saturated carbocycles. The number of hydrogen-bond acceptors (Lipinski definition) is 5. The molecule has 2 aliphatic heterocycles. The summed E-state index contributed by atoms with van der Waals surface area (Å²) < 4.78 is 0. The van der Waals surface area contributed by atoms with E-state index >= 15 is 0 Å². The number of fused-ring (bicyclic) bond motifs is 6. The number of aliphatic hydroxyl groups excluding tert-OH is 1. The Hall–Kier alpha value is -1.53. The van der Waals surface area contributed by atoms with Crippen LogP contribution in [-0.2, 0) is 14.4 Å². The van der Waals surface area contributed by atoms with Gasteiger partial charge in [-0.25, -0.2) is 0 Å². The molecule has 6 heteroatoms. The molecule has 0 spiro atoms. The minimum Gasteiger partial charge on any atom is -0.481 e. The van der Waals surface area contributed by atoms with E-state index in [9.17, 15) is 24.6 Å². The van der Waals surface area contributed by atoms with E-state index in [1.54, 1.807) is 6.08 Å². The van der Waals surface area contributed by atoms with Crippen molar-refractivity contribution in [1.82, 2.24) is 4.90 Å². The third-order valence-corrected chi connectivity index (χ3v) is 11.5. The molecule has 0 radical (unpaired) electrons. The van der Waals surface area contributed by atoms with Gasteiger partial charge in [-0.1, -0.05) is 33.3 Å². The summed E-state index contributed by atoms with van der Waals surface area (Å²) in [5, 5.41) is 21.0. The largest absolute Gasteiger partial charge is 0.481 e. The van der Waals surface area contributed by atoms with Gasteiger partial charge in [0.1, 0.15) is 5.78 Å². The number of ketones is 2. The first-order valence-electron chi connectivity index (χ1n) is 13.7. The Balaban J connectivity index is 1.66. The summed E-state index contributed by atoms with van der Waals surface area (Å²) in [6, 6.07) is 0.457. The van der Waals surface area contributed by atoms with Crippen molar-refractivity contribution in [2.45, 2.75) is 104 Å². The van der Waals surface area contributed by atoms with Crippen molar-refractivity contribution < 1.29 is 24.6 Å². The maximum atomic E-state index is 13.9. The number of rotatable bonds is 2. The summed E-state index contributed by atoms with van der Waals surface area (Å²) >= 11 is 0. The van der Waals surface area contributed by atoms with Gasteiger partial charge in [0, 0.05) is 36.9 Å². The lowest BCUT2D eigenvalue weighted by Gasteiger charge is -2.71. The summed E-state index contributed by atoms with van der Waals surface area (Å²) in [6.45, 7) is 11.3. The molecular formula is C29H43NO5. The minimum atomic E-state index is -0.853. The third-order valence-electron chi connectivity index (χ3n) is 11.5. The molecule has 0 bridgehead atoms. The van der Waals surface area contributed by atoms with Crippen molar-refractivity contribution in [3.63, 3.8) is 0 Å². The van der Waals surface area contributed by atoms with Crippen molar-refractivity contribution >= 4 is 17.5 Å². The standard InChI is InChI=1S/C29H43NO5/c1-16-8-18-6-7-28(4)24(30(18)15-19(31)9-16)13-27(3)21-10-17(2)11-22(32)20(21)12-23(33)26(27)29(28,5)14-25(34)35/h11,16,18-21,24,26,31H,6-10,12-15H2,1-5H3,(H,34,35)/t16-,18+,19-,20+,21-,24+,26?,27+,28-,29+/m1/s1. The molecule has 0 amide bonds. The first-order chi connectivity index (χ1) is 16.3. The lowest BCUT2D eigenvalue weighted by atomic mass is 9.36. The summed E-state index contributed by atoms with van der Waals surface area (Å²) in [5.41, 5.74) is -0.459. The lowest BCUT2D eigenvalue weighted by molar-refractivity contribution is -0.223. The van der Waals surface area contributed by atoms with Crippen LogP contribution in [-0.4, -0.2) is 57.4 Å². The molecule has 5 rings (SSSR count). The number of carbonyl (C=O) groups excluding carboxylic acids is 2. The summed E-state index contributed by atoms with van der Waals surface area (Å²) in [6.07, 6.45) is 6.84. The van der Waals surface area contributed by atoms with Gasteiger partial charge in [-0.05, 0) is 79.6 Å². The smallest absolute Gasteiger partial charge is 0.303 e. The van der Waals surface area contributed by atoms with Crippen LogP contribution in [0.3, 0.4) is 0 Å². The first-order valence-corrected chi connectivity index (χ1v) is 13.7. The van der Waals surface area contributed by atoms with Crippen LogP contribution >= 0.6 is 0 Å². The van der Waals surface area contributed by atoms with Gasteiger partial charge in [-0.3, -0.25) is 19.3 Å². The van der Waals surface area contributed by atoms with Crippen LogP contribution in [0.25, 0.3) is 0 Å². The van der Waals surface area contributed by atoms with E-state index in [1.165, 1.54) is 0 Å². The SMILES string of the molecule is CC1=CC(=O)[C@H]2CC(=O)C3[C@](C)(CC(=O)O)[C@]4(C)CC[C@H]5C[C@@H](C)C[C@@H](O)CN5[C@H]4C[C@@]3(C)[C@@H]2C1. The highest BCUT2D eigenvalue weighted by Crippen LogP contribution is 2.71. The average Bonchev–Trinajstić information content (AvgIpc) is 2.87. The molecule has 194 valence electrons. The second-order valence-corrected chi connectivity index (χ2v) is 13.7. The quantitative estimate of drug-likeness (QED) is 0.607. The van der Waals surface area contributed by atoms with Crippen LogP contribution in [0.4, 0.5) is 0 Å². The van der Waals surface area contributed by atoms with E-state index in [2.05, 4.69) is 32.6 Å². The normalized spacial score (nSPS) is 50.2. The van der Waals surface area contributed by atoms with Gasteiger partial charge in [0.15, 0.2) is 5.78 Å². The molecule has 10 atom stereocenters. The van der Waals surface area contributed by atoms with E-state index in [0.29, 0.717) is 18.5 Å². The van der Waals surface area contributed by atoms with Crippen LogP contribution < -0.4 is 0 Å². The number of carboxylic acids is 1. The predicted octanol–water partition coefficient (Wildman–Crippen LogP) is 4.25. The zero-order valence-corrected chi connectivity index (χ0v) is 22.0. The Morgan fingerprint density at radius 3 is 2.57 bits per heavy atom. The number of Topliss-reactive ketones (excluding diaryl/α,β-unsaturated/α-hetero) is 1. The molecule has 4 fully saturated rings. The number of aliphatic hydroxyl groups is 1. The highest BCUT2D eigenvalue weighted by Gasteiger charge is 2.71. The van der Waals surface area contributed by atoms with Gasteiger partial charge < -0.3 is 10.2 Å². The number of piperidine rings is 1. The molecule has 0 aromatic heterocycles. The molecule has 0 aromatic carbocycles. The molecule has 5 aliphatic rings. The summed E-state index contributed by atoms with van der Waals surface area (Å²) in [4.78, 5) is 41.9. The Bertz CT molecular complexity index is 974. The molecular weight excluding hydrogens is 442 g/mol. The Morgan fingerprint density at radius 2 is 1.89 bits per heavy atom. The van der Waals surface area contributed by atoms with Gasteiger partial charge in [-0.2, -0.15) is 0 Å². The van der Waals surface area contributed by atoms with E-state index in [-0.39, 0.29) is 53.6 Å². The van der Waals surface area contributed by atoms with Gasteiger partial charge in [0.05, 0.1) is 12.5 Å². The fourth-order valence-electron chi connectivity index (χ4n) is 9.97. The number of hydrogen-bond donors (Lipinski definition) is 2. The van der Waals surface area contributed by atoms with E-state index in [0.717, 1.165) is 44.1 Å². The second-order valence-electron chi connectivity index (χ2n) is 13.7. The van der Waals surface area contributed by atoms with Gasteiger partial charge in [0.25, 0.3) is 0 Å².